The number of aromatic hydroxyl groups is 1. The van der Waals surface area contributed by atoms with Crippen LogP contribution in [0.15, 0.2) is 54.7 Å². The summed E-state index contributed by atoms with van der Waals surface area (Å²) < 4.78 is 0. The molecule has 1 aromatic heterocycles. The smallest absolute Gasteiger partial charge is 0.326 e. The lowest BCUT2D eigenvalue weighted by Crippen LogP contribution is -2.58. The van der Waals surface area contributed by atoms with E-state index < -0.39 is 60.4 Å². The minimum absolute atomic E-state index is 0.0440. The number of phenolic OH excluding ortho intramolecular Hbond substituents is 1. The SMILES string of the molecule is NC(=O)CCC(NC(=O)C(Cc1c[nH]c2ccccc12)NC(=O)C(CO)NC(=O)C(N)Cc1ccc(O)cc1)C(=O)O. The third-order valence-corrected chi connectivity index (χ3v) is 6.57. The Bertz CT molecular complexity index is 1420. The minimum Gasteiger partial charge on any atom is -0.508 e. The lowest BCUT2D eigenvalue weighted by Gasteiger charge is -2.24. The molecule has 3 rings (SSSR count). The second-order valence-electron chi connectivity index (χ2n) is 9.75. The van der Waals surface area contributed by atoms with Crippen molar-refractivity contribution in [1.82, 2.24) is 20.9 Å². The van der Waals surface area contributed by atoms with E-state index in [4.69, 9.17) is 11.5 Å². The van der Waals surface area contributed by atoms with Gasteiger partial charge in [0.05, 0.1) is 12.6 Å². The Labute approximate surface area is 240 Å². The summed E-state index contributed by atoms with van der Waals surface area (Å²) in [5.74, 6) is -4.62. The van der Waals surface area contributed by atoms with Crippen molar-refractivity contribution in [1.29, 1.82) is 0 Å². The molecule has 0 fully saturated rings. The van der Waals surface area contributed by atoms with Crippen LogP contribution in [0, 0.1) is 0 Å². The first-order chi connectivity index (χ1) is 20.0. The number of amides is 4. The maximum Gasteiger partial charge on any atom is 0.326 e. The van der Waals surface area contributed by atoms with E-state index in [0.717, 1.165) is 10.9 Å². The molecule has 0 saturated heterocycles. The fourth-order valence-electron chi connectivity index (χ4n) is 4.27. The monoisotopic (exact) mass is 582 g/mol. The number of fused-ring (bicyclic) bond motifs is 1. The topological polar surface area (TPSA) is 250 Å². The van der Waals surface area contributed by atoms with Crippen molar-refractivity contribution < 1.29 is 39.3 Å². The number of H-pyrrole nitrogens is 1. The molecule has 0 aliphatic rings. The Balaban J connectivity index is 1.76. The summed E-state index contributed by atoms with van der Waals surface area (Å²) in [6, 6.07) is 7.89. The molecule has 11 N–H and O–H groups in total. The summed E-state index contributed by atoms with van der Waals surface area (Å²) >= 11 is 0. The number of phenols is 1. The predicted molar refractivity (Wildman–Crippen MR) is 151 cm³/mol. The molecule has 14 nitrogen and oxygen atoms in total. The van der Waals surface area contributed by atoms with Gasteiger partial charge in [-0.05, 0) is 42.2 Å². The summed E-state index contributed by atoms with van der Waals surface area (Å²) in [7, 11) is 0. The van der Waals surface area contributed by atoms with E-state index in [1.165, 1.54) is 12.1 Å². The Morgan fingerprint density at radius 2 is 1.45 bits per heavy atom. The van der Waals surface area contributed by atoms with Crippen LogP contribution in [0.25, 0.3) is 10.9 Å². The van der Waals surface area contributed by atoms with Crippen LogP contribution >= 0.6 is 0 Å². The van der Waals surface area contributed by atoms with Crippen molar-refractivity contribution in [3.8, 4) is 5.75 Å². The average Bonchev–Trinajstić information content (AvgIpc) is 3.36. The molecule has 4 unspecified atom stereocenters. The predicted octanol–water partition coefficient (Wildman–Crippen LogP) is -1.22. The van der Waals surface area contributed by atoms with Crippen LogP contribution in [0.5, 0.6) is 5.75 Å². The zero-order valence-electron chi connectivity index (χ0n) is 22.6. The molecule has 1 heterocycles. The molecular formula is C28H34N6O8. The van der Waals surface area contributed by atoms with Crippen LogP contribution in [0.4, 0.5) is 0 Å². The van der Waals surface area contributed by atoms with Gasteiger partial charge in [0, 0.05) is 29.9 Å². The minimum atomic E-state index is -1.48. The first-order valence-electron chi connectivity index (χ1n) is 13.1. The largest absolute Gasteiger partial charge is 0.508 e. The number of primary amides is 1. The number of aromatic amines is 1. The number of hydrogen-bond acceptors (Lipinski definition) is 8. The third-order valence-electron chi connectivity index (χ3n) is 6.57. The Hall–Kier alpha value is -4.95. The summed E-state index contributed by atoms with van der Waals surface area (Å²) in [4.78, 5) is 65.0. The molecule has 3 aromatic rings. The van der Waals surface area contributed by atoms with Gasteiger partial charge in [-0.3, -0.25) is 19.2 Å². The van der Waals surface area contributed by atoms with E-state index in [0.29, 0.717) is 11.1 Å². The number of hydrogen-bond donors (Lipinski definition) is 9. The molecule has 42 heavy (non-hydrogen) atoms. The van der Waals surface area contributed by atoms with Crippen LogP contribution in [0.2, 0.25) is 0 Å². The van der Waals surface area contributed by atoms with Crippen molar-refractivity contribution in [2.24, 2.45) is 11.5 Å². The highest BCUT2D eigenvalue weighted by atomic mass is 16.4. The van der Waals surface area contributed by atoms with Crippen molar-refractivity contribution in [3.05, 3.63) is 65.9 Å². The van der Waals surface area contributed by atoms with E-state index in [1.807, 2.05) is 12.1 Å². The number of carbonyl (C=O) groups is 5. The fraction of sp³-hybridized carbons (Fsp3) is 0.321. The van der Waals surface area contributed by atoms with Crippen molar-refractivity contribution in [3.63, 3.8) is 0 Å². The number of aliphatic hydroxyl groups excluding tert-OH is 1. The Morgan fingerprint density at radius 1 is 0.833 bits per heavy atom. The maximum absolute atomic E-state index is 13.3. The average molecular weight is 583 g/mol. The molecule has 0 bridgehead atoms. The highest BCUT2D eigenvalue weighted by molar-refractivity contribution is 5.95. The fourth-order valence-corrected chi connectivity index (χ4v) is 4.27. The van der Waals surface area contributed by atoms with Crippen LogP contribution < -0.4 is 27.4 Å². The standard InChI is InChI=1S/C28H34N6O8/c29-19(11-15-5-7-17(36)8-6-15)25(38)34-23(14-35)27(40)33-22(12-16-13-31-20-4-2-1-3-18(16)20)26(39)32-21(28(41)42)9-10-24(30)37/h1-8,13,19,21-23,31,35-36H,9-12,14,29H2,(H2,30,37)(H,32,39)(H,33,40)(H,34,38)(H,41,42). The highest BCUT2D eigenvalue weighted by Gasteiger charge is 2.31. The van der Waals surface area contributed by atoms with Crippen LogP contribution in [-0.2, 0) is 36.8 Å². The molecule has 0 saturated carbocycles. The molecule has 4 atom stereocenters. The van der Waals surface area contributed by atoms with Gasteiger partial charge in [0.25, 0.3) is 0 Å². The molecule has 0 aliphatic heterocycles. The van der Waals surface area contributed by atoms with Gasteiger partial charge in [-0.2, -0.15) is 0 Å². The second-order valence-corrected chi connectivity index (χ2v) is 9.75. The lowest BCUT2D eigenvalue weighted by atomic mass is 10.0. The van der Waals surface area contributed by atoms with Gasteiger partial charge in [0.2, 0.25) is 23.6 Å². The van der Waals surface area contributed by atoms with E-state index in [1.54, 1.807) is 30.5 Å². The first-order valence-corrected chi connectivity index (χ1v) is 13.1. The van der Waals surface area contributed by atoms with Gasteiger partial charge in [-0.1, -0.05) is 30.3 Å². The number of aliphatic carboxylic acids is 1. The van der Waals surface area contributed by atoms with Gasteiger partial charge >= 0.3 is 5.97 Å². The number of nitrogens with two attached hydrogens (primary N) is 2. The summed E-state index contributed by atoms with van der Waals surface area (Å²) in [6.45, 7) is -0.818. The number of rotatable bonds is 15. The molecule has 224 valence electrons. The van der Waals surface area contributed by atoms with Crippen LogP contribution in [-0.4, -0.2) is 80.7 Å². The second kappa shape index (κ2) is 14.6. The first kappa shape index (κ1) is 31.6. The number of aromatic nitrogens is 1. The lowest BCUT2D eigenvalue weighted by molar-refractivity contribution is -0.142. The van der Waals surface area contributed by atoms with Crippen molar-refractivity contribution >= 4 is 40.5 Å². The van der Waals surface area contributed by atoms with Gasteiger partial charge in [-0.15, -0.1) is 0 Å². The molecular weight excluding hydrogens is 548 g/mol. The number of aliphatic hydroxyl groups is 1. The van der Waals surface area contributed by atoms with Crippen molar-refractivity contribution in [2.75, 3.05) is 6.61 Å². The summed E-state index contributed by atoms with van der Waals surface area (Å²) in [5, 5.41) is 36.8. The van der Waals surface area contributed by atoms with Gasteiger partial charge in [0.1, 0.15) is 23.9 Å². The normalized spacial score (nSPS) is 13.9. The summed E-state index contributed by atoms with van der Waals surface area (Å²) in [5.41, 5.74) is 13.1. The van der Waals surface area contributed by atoms with Crippen LogP contribution in [0.3, 0.4) is 0 Å². The number of carboxylic acid groups (broad SMARTS) is 1. The third kappa shape index (κ3) is 8.78. The van der Waals surface area contributed by atoms with E-state index >= 15 is 0 Å². The van der Waals surface area contributed by atoms with E-state index in [2.05, 4.69) is 20.9 Å². The van der Waals surface area contributed by atoms with Gasteiger partial charge in [-0.25, -0.2) is 4.79 Å². The molecule has 4 amide bonds. The maximum atomic E-state index is 13.3. The van der Waals surface area contributed by atoms with Crippen LogP contribution in [0.1, 0.15) is 24.0 Å². The van der Waals surface area contributed by atoms with E-state index in [9.17, 15) is 39.3 Å². The molecule has 2 aromatic carbocycles. The number of nitrogens with one attached hydrogen (secondary N) is 4. The zero-order chi connectivity index (χ0) is 30.8. The number of para-hydroxylation sites is 1. The Morgan fingerprint density at radius 3 is 2.10 bits per heavy atom. The highest BCUT2D eigenvalue weighted by Crippen LogP contribution is 2.19. The number of carboxylic acids is 1. The van der Waals surface area contributed by atoms with E-state index in [-0.39, 0.29) is 31.4 Å². The Kier molecular flexibility index (Phi) is 11.0. The quantitative estimate of drug-likeness (QED) is 0.104. The van der Waals surface area contributed by atoms with Crippen molar-refractivity contribution in [2.45, 2.75) is 49.9 Å². The number of benzene rings is 2. The van der Waals surface area contributed by atoms with Gasteiger partial charge < -0.3 is 47.7 Å². The number of carbonyl (C=O) groups excluding carboxylic acids is 4. The van der Waals surface area contributed by atoms with Gasteiger partial charge in [0.15, 0.2) is 0 Å². The zero-order valence-corrected chi connectivity index (χ0v) is 22.6. The molecule has 14 heteroatoms. The summed E-state index contributed by atoms with van der Waals surface area (Å²) in [6.07, 6.45) is 1.10. The molecule has 0 radical (unpaired) electrons. The molecule has 0 aliphatic carbocycles. The molecule has 0 spiro atoms.